The molecule has 1 aliphatic heterocycles. The summed E-state index contributed by atoms with van der Waals surface area (Å²) in [6.45, 7) is 14.8. The van der Waals surface area contributed by atoms with Gasteiger partial charge in [0.2, 0.25) is 6.79 Å². The van der Waals surface area contributed by atoms with Gasteiger partial charge in [0.1, 0.15) is 5.60 Å². The maximum absolute atomic E-state index is 13.1. The number of carbonyl (C=O) groups excluding carboxylic acids is 2. The molecule has 36 heavy (non-hydrogen) atoms. The number of nitrogens with zero attached hydrogens (tertiary/aromatic N) is 2. The summed E-state index contributed by atoms with van der Waals surface area (Å²) >= 11 is 0. The number of hydrogen-bond donors (Lipinski definition) is 1. The molecule has 1 saturated heterocycles. The van der Waals surface area contributed by atoms with Crippen molar-refractivity contribution in [2.45, 2.75) is 104 Å². The van der Waals surface area contributed by atoms with E-state index in [1.165, 1.54) is 9.80 Å². The van der Waals surface area contributed by atoms with Gasteiger partial charge in [0.05, 0.1) is 23.7 Å². The molecule has 0 aromatic heterocycles. The molecule has 1 unspecified atom stereocenters. The quantitative estimate of drug-likeness (QED) is 0.229. The fourth-order valence-corrected chi connectivity index (χ4v) is 5.05. The monoisotopic (exact) mass is 538 g/mol. The SMILES string of the molecule is CC(C)(C)OC(=O)CCN(CC1CCCN1C(=O)O)C(=O)OCOP(=O)(OC(C)(C)C)OC(C)(C)C. The first kappa shape index (κ1) is 32.1. The minimum absolute atomic E-state index is 0.0164. The standard InChI is InChI=1S/C23H43N2O10P/c1-21(2,3)33-18(26)12-14-24(15-17-11-10-13-25(17)19(27)28)20(29)31-16-32-36(30,34-22(4,5)6)35-23(7,8)9/h17H,10-16H2,1-9H3,(H,27,28). The molecule has 1 heterocycles. The third kappa shape index (κ3) is 12.9. The number of hydrogen-bond acceptors (Lipinski definition) is 9. The Bertz CT molecular complexity index is 793. The molecule has 0 saturated carbocycles. The minimum Gasteiger partial charge on any atom is -0.465 e. The molecule has 0 aromatic rings. The van der Waals surface area contributed by atoms with Crippen LogP contribution in [0.1, 0.15) is 81.6 Å². The molecule has 1 N–H and O–H groups in total. The summed E-state index contributed by atoms with van der Waals surface area (Å²) in [5, 5.41) is 9.44. The zero-order valence-corrected chi connectivity index (χ0v) is 23.9. The van der Waals surface area contributed by atoms with Crippen LogP contribution >= 0.6 is 7.82 Å². The van der Waals surface area contributed by atoms with Gasteiger partial charge in [-0.25, -0.2) is 18.7 Å². The van der Waals surface area contributed by atoms with Gasteiger partial charge < -0.3 is 24.4 Å². The number of carbonyl (C=O) groups is 3. The van der Waals surface area contributed by atoms with Crippen LogP contribution in [0.4, 0.5) is 9.59 Å². The first-order chi connectivity index (χ1) is 16.2. The molecular weight excluding hydrogens is 495 g/mol. The molecule has 2 amide bonds. The number of ether oxygens (including phenoxy) is 2. The first-order valence-electron chi connectivity index (χ1n) is 12.0. The fraction of sp³-hybridized carbons (Fsp3) is 0.870. The maximum atomic E-state index is 13.1. The van der Waals surface area contributed by atoms with E-state index in [4.69, 9.17) is 23.0 Å². The van der Waals surface area contributed by atoms with Crippen LogP contribution in [-0.4, -0.2) is 82.3 Å². The fourth-order valence-electron chi connectivity index (χ4n) is 3.38. The van der Waals surface area contributed by atoms with Crippen LogP contribution in [0.25, 0.3) is 0 Å². The zero-order valence-electron chi connectivity index (χ0n) is 23.0. The van der Waals surface area contributed by atoms with Crippen LogP contribution in [0.15, 0.2) is 0 Å². The van der Waals surface area contributed by atoms with E-state index in [-0.39, 0.29) is 19.5 Å². The van der Waals surface area contributed by atoms with Gasteiger partial charge in [0.25, 0.3) is 0 Å². The number of amides is 2. The van der Waals surface area contributed by atoms with E-state index in [0.717, 1.165) is 0 Å². The molecule has 0 bridgehead atoms. The average Bonchev–Trinajstić information content (AvgIpc) is 3.08. The Morgan fingerprint density at radius 2 is 1.53 bits per heavy atom. The Morgan fingerprint density at radius 1 is 0.972 bits per heavy atom. The van der Waals surface area contributed by atoms with Crippen molar-refractivity contribution in [2.24, 2.45) is 0 Å². The van der Waals surface area contributed by atoms with Crippen LogP contribution in [0.3, 0.4) is 0 Å². The highest BCUT2D eigenvalue weighted by Crippen LogP contribution is 2.55. The van der Waals surface area contributed by atoms with E-state index in [1.807, 2.05) is 0 Å². The Kier molecular flexibility index (Phi) is 11.2. The van der Waals surface area contributed by atoms with E-state index >= 15 is 0 Å². The maximum Gasteiger partial charge on any atom is 0.478 e. The summed E-state index contributed by atoms with van der Waals surface area (Å²) in [6, 6.07) is -0.450. The topological polar surface area (TPSA) is 141 Å². The van der Waals surface area contributed by atoms with Crippen LogP contribution < -0.4 is 0 Å². The highest BCUT2D eigenvalue weighted by molar-refractivity contribution is 7.48. The lowest BCUT2D eigenvalue weighted by Gasteiger charge is -2.31. The van der Waals surface area contributed by atoms with Crippen molar-refractivity contribution in [3.05, 3.63) is 0 Å². The summed E-state index contributed by atoms with van der Waals surface area (Å²) in [5.41, 5.74) is -2.43. The summed E-state index contributed by atoms with van der Waals surface area (Å²) in [6.07, 6.45) is -0.847. The summed E-state index contributed by atoms with van der Waals surface area (Å²) < 4.78 is 39.9. The van der Waals surface area contributed by atoms with Gasteiger partial charge in [-0.1, -0.05) is 0 Å². The normalized spacial score (nSPS) is 17.1. The Hall–Kier alpha value is -1.88. The van der Waals surface area contributed by atoms with Crippen molar-refractivity contribution >= 4 is 26.0 Å². The highest BCUT2D eigenvalue weighted by atomic mass is 31.2. The Balaban J connectivity index is 2.90. The largest absolute Gasteiger partial charge is 0.478 e. The Labute approximate surface area is 214 Å². The van der Waals surface area contributed by atoms with Crippen molar-refractivity contribution < 1.29 is 47.1 Å². The lowest BCUT2D eigenvalue weighted by atomic mass is 10.2. The van der Waals surface area contributed by atoms with E-state index in [1.54, 1.807) is 62.3 Å². The lowest BCUT2D eigenvalue weighted by molar-refractivity contribution is -0.155. The number of phosphoric ester groups is 1. The van der Waals surface area contributed by atoms with Gasteiger partial charge >= 0.3 is 26.0 Å². The van der Waals surface area contributed by atoms with Crippen molar-refractivity contribution in [3.8, 4) is 0 Å². The van der Waals surface area contributed by atoms with Crippen LogP contribution in [-0.2, 0) is 32.4 Å². The molecule has 0 spiro atoms. The molecule has 210 valence electrons. The predicted molar refractivity (Wildman–Crippen MR) is 132 cm³/mol. The third-order valence-electron chi connectivity index (χ3n) is 4.48. The second kappa shape index (κ2) is 12.6. The number of rotatable bonds is 10. The zero-order chi connectivity index (χ0) is 27.9. The molecule has 1 fully saturated rings. The van der Waals surface area contributed by atoms with Crippen molar-refractivity contribution in [2.75, 3.05) is 26.4 Å². The van der Waals surface area contributed by atoms with E-state index in [2.05, 4.69) is 0 Å². The number of carboxylic acid groups (broad SMARTS) is 1. The van der Waals surface area contributed by atoms with Gasteiger partial charge in [0, 0.05) is 19.6 Å². The highest BCUT2D eigenvalue weighted by Gasteiger charge is 2.38. The van der Waals surface area contributed by atoms with Crippen molar-refractivity contribution in [3.63, 3.8) is 0 Å². The summed E-state index contributed by atoms with van der Waals surface area (Å²) in [7, 11) is -4.11. The smallest absolute Gasteiger partial charge is 0.465 e. The van der Waals surface area contributed by atoms with Crippen LogP contribution in [0.5, 0.6) is 0 Å². The lowest BCUT2D eigenvalue weighted by Crippen LogP contribution is -2.46. The van der Waals surface area contributed by atoms with Crippen molar-refractivity contribution in [1.29, 1.82) is 0 Å². The molecule has 1 atom stereocenters. The van der Waals surface area contributed by atoms with E-state index < -0.39 is 55.6 Å². The third-order valence-corrected chi connectivity index (χ3v) is 6.45. The summed E-state index contributed by atoms with van der Waals surface area (Å²) in [5.74, 6) is -0.514. The second-order valence-corrected chi connectivity index (χ2v) is 13.1. The molecule has 13 heteroatoms. The number of phosphoric acid groups is 1. The van der Waals surface area contributed by atoms with Gasteiger partial charge in [-0.2, -0.15) is 0 Å². The number of esters is 1. The van der Waals surface area contributed by atoms with E-state index in [0.29, 0.717) is 19.4 Å². The molecule has 0 radical (unpaired) electrons. The van der Waals surface area contributed by atoms with Gasteiger partial charge in [0.15, 0.2) is 0 Å². The molecular formula is C23H43N2O10P. The molecule has 12 nitrogen and oxygen atoms in total. The molecule has 0 aromatic carbocycles. The van der Waals surface area contributed by atoms with Crippen LogP contribution in [0.2, 0.25) is 0 Å². The minimum atomic E-state index is -4.11. The van der Waals surface area contributed by atoms with Gasteiger partial charge in [-0.3, -0.25) is 13.8 Å². The van der Waals surface area contributed by atoms with E-state index in [9.17, 15) is 24.1 Å². The first-order valence-corrected chi connectivity index (χ1v) is 13.4. The summed E-state index contributed by atoms with van der Waals surface area (Å²) in [4.78, 5) is 39.1. The second-order valence-electron chi connectivity index (χ2n) is 11.6. The molecule has 1 aliphatic rings. The van der Waals surface area contributed by atoms with Crippen molar-refractivity contribution in [1.82, 2.24) is 9.80 Å². The van der Waals surface area contributed by atoms with Crippen LogP contribution in [0, 0.1) is 0 Å². The Morgan fingerprint density at radius 3 is 2.00 bits per heavy atom. The molecule has 1 rings (SSSR count). The van der Waals surface area contributed by atoms with Gasteiger partial charge in [-0.05, 0) is 75.2 Å². The molecule has 0 aliphatic carbocycles. The van der Waals surface area contributed by atoms with Gasteiger partial charge in [-0.15, -0.1) is 0 Å². The average molecular weight is 539 g/mol. The number of likely N-dealkylation sites (tertiary alicyclic amines) is 1. The predicted octanol–water partition coefficient (Wildman–Crippen LogP) is 5.01.